The van der Waals surface area contributed by atoms with Crippen LogP contribution in [-0.4, -0.2) is 23.3 Å². The van der Waals surface area contributed by atoms with E-state index in [4.69, 9.17) is 4.98 Å². The largest absolute Gasteiger partial charge is 0.309 e. The summed E-state index contributed by atoms with van der Waals surface area (Å²) in [5.74, 6) is 0. The number of hydrogen-bond acceptors (Lipinski definition) is 2. The lowest BCUT2D eigenvalue weighted by Crippen LogP contribution is -2.03. The van der Waals surface area contributed by atoms with Gasteiger partial charge < -0.3 is 18.3 Å². The maximum Gasteiger partial charge on any atom is 0.100 e. The Bertz CT molecular complexity index is 5800. The van der Waals surface area contributed by atoms with Crippen LogP contribution in [0.3, 0.4) is 0 Å². The summed E-state index contributed by atoms with van der Waals surface area (Å²) in [5, 5.41) is 22.4. The van der Waals surface area contributed by atoms with Crippen LogP contribution in [0.25, 0.3) is 166 Å². The molecule has 0 bridgehead atoms. The molecule has 0 aliphatic rings. The average Bonchev–Trinajstić information content (AvgIpc) is 1.11. The number of aryl methyl sites for hydroxylation is 8. The third kappa shape index (κ3) is 9.18. The van der Waals surface area contributed by atoms with Crippen LogP contribution in [0.4, 0.5) is 0 Å². The number of benzene rings is 13. The van der Waals surface area contributed by atoms with Crippen molar-refractivity contribution in [2.24, 2.45) is 0 Å². The maximum absolute atomic E-state index is 12.6. The summed E-state index contributed by atoms with van der Waals surface area (Å²) in [6.07, 6.45) is 3.85. The Morgan fingerprint density at radius 3 is 0.663 bits per heavy atom. The van der Waals surface area contributed by atoms with E-state index in [1.807, 2.05) is 18.5 Å². The van der Waals surface area contributed by atoms with Gasteiger partial charge in [-0.15, -0.1) is 0 Å². The highest BCUT2D eigenvalue weighted by Gasteiger charge is 2.30. The van der Waals surface area contributed by atoms with Crippen molar-refractivity contribution in [1.29, 1.82) is 5.26 Å². The van der Waals surface area contributed by atoms with Crippen molar-refractivity contribution in [2.75, 3.05) is 0 Å². The first kappa shape index (κ1) is 58.3. The molecule has 0 unspecified atom stereocenters. The van der Waals surface area contributed by atoms with Gasteiger partial charge in [0, 0.05) is 100 Å². The van der Waals surface area contributed by atoms with Gasteiger partial charge in [-0.05, 0) is 240 Å². The van der Waals surface area contributed by atoms with Gasteiger partial charge in [0.15, 0.2) is 0 Å². The molecule has 6 heteroatoms. The van der Waals surface area contributed by atoms with Gasteiger partial charge in [-0.1, -0.05) is 148 Å². The molecule has 0 N–H and O–H groups in total. The van der Waals surface area contributed by atoms with Crippen LogP contribution in [0.1, 0.15) is 50.1 Å². The second-order valence-corrected chi connectivity index (χ2v) is 27.3. The topological polar surface area (TPSA) is 56.4 Å². The fourth-order valence-corrected chi connectivity index (χ4v) is 16.0. The first-order valence-corrected chi connectivity index (χ1v) is 33.9. The summed E-state index contributed by atoms with van der Waals surface area (Å²) in [6.45, 7) is 17.4. The van der Waals surface area contributed by atoms with Crippen molar-refractivity contribution in [1.82, 2.24) is 23.3 Å². The third-order valence-corrected chi connectivity index (χ3v) is 20.5. The van der Waals surface area contributed by atoms with Gasteiger partial charge in [0.1, 0.15) is 6.07 Å². The lowest BCUT2D eigenvalue weighted by molar-refractivity contribution is 1.18. The van der Waals surface area contributed by atoms with Crippen LogP contribution < -0.4 is 0 Å². The van der Waals surface area contributed by atoms with Crippen molar-refractivity contribution in [3.8, 4) is 84.5 Å². The van der Waals surface area contributed by atoms with Gasteiger partial charge in [-0.25, -0.2) is 0 Å². The van der Waals surface area contributed by atoms with E-state index >= 15 is 0 Å². The summed E-state index contributed by atoms with van der Waals surface area (Å²) in [4.78, 5) is 4.94. The second-order valence-electron chi connectivity index (χ2n) is 27.3. The monoisotopic (exact) mass is 1260 g/mol. The Balaban J connectivity index is 0.929. The van der Waals surface area contributed by atoms with Crippen LogP contribution in [0, 0.1) is 66.7 Å². The standard InChI is InChI=1S/C92H68N6/c1-54-11-35-80-71(44-54)72-45-55(2)12-36-81(72)95(80)67-27-19-62(20-28-67)88-79(52-93)89(63-21-29-68(30-22-63)96-82-37-13-56(3)46-73(82)74-47-57(4)14-38-83(74)96)91(65-25-33-70(34-26-65)98-86-41-17-60(7)50-77(86)78-51-61(8)18-42-87(78)98)92(66-10-9-43-94-53-66)90(88)64-23-31-69(32-24-64)97-84-39-15-58(5)48-75(84)76-49-59(6)16-40-85(76)97/h9-51,53H,1-8H3. The number of aromatic nitrogens is 5. The van der Waals surface area contributed by atoms with Gasteiger partial charge in [-0.2, -0.15) is 5.26 Å². The Kier molecular flexibility index (Phi) is 13.3. The van der Waals surface area contributed by atoms with Crippen molar-refractivity contribution in [3.05, 3.63) is 317 Å². The summed E-state index contributed by atoms with van der Waals surface area (Å²) >= 11 is 0. The first-order valence-electron chi connectivity index (χ1n) is 33.9. The number of pyridine rings is 1. The molecule has 0 saturated carbocycles. The normalized spacial score (nSPS) is 11.9. The molecule has 0 aliphatic heterocycles. The van der Waals surface area contributed by atoms with Crippen LogP contribution in [0.2, 0.25) is 0 Å². The van der Waals surface area contributed by atoms with E-state index in [1.54, 1.807) is 0 Å². The minimum absolute atomic E-state index is 0.572. The predicted molar refractivity (Wildman–Crippen MR) is 411 cm³/mol. The van der Waals surface area contributed by atoms with E-state index in [0.717, 1.165) is 123 Å². The molecule has 13 aromatic carbocycles. The average molecular weight is 1260 g/mol. The summed E-state index contributed by atoms with van der Waals surface area (Å²) < 4.78 is 9.57. The van der Waals surface area contributed by atoms with Crippen LogP contribution in [0.15, 0.2) is 267 Å². The fraction of sp³-hybridized carbons (Fsp3) is 0.0870. The SMILES string of the molecule is Cc1ccc2c(c1)c1cc(C)ccc1n2-c1ccc(-c2c(C#N)c(-c3ccc(-n4c5ccc(C)cc5c5cc(C)ccc54)cc3)c(-c3ccc(-n4c5ccc(C)cc5c5cc(C)ccc54)cc3)c(-c3cccnc3)c2-c2ccc(-n3c4ccc(C)cc4c4cc(C)ccc43)cc2)cc1. The number of fused-ring (bicyclic) bond motifs is 12. The molecule has 5 heterocycles. The van der Waals surface area contributed by atoms with Crippen molar-refractivity contribution < 1.29 is 0 Å². The highest BCUT2D eigenvalue weighted by molar-refractivity contribution is 6.15. The molecule has 5 aromatic heterocycles. The highest BCUT2D eigenvalue weighted by atomic mass is 15.0. The lowest BCUT2D eigenvalue weighted by Gasteiger charge is -2.26. The van der Waals surface area contributed by atoms with E-state index in [0.29, 0.717) is 5.56 Å². The minimum Gasteiger partial charge on any atom is -0.309 e. The Hall–Kier alpha value is -12.3. The highest BCUT2D eigenvalue weighted by Crippen LogP contribution is 2.54. The van der Waals surface area contributed by atoms with Crippen molar-refractivity contribution in [3.63, 3.8) is 0 Å². The van der Waals surface area contributed by atoms with Crippen LogP contribution in [-0.2, 0) is 0 Å². The number of nitrogens with zero attached hydrogens (tertiary/aromatic N) is 6. The minimum atomic E-state index is 0.572. The van der Waals surface area contributed by atoms with Crippen LogP contribution >= 0.6 is 0 Å². The Morgan fingerprint density at radius 2 is 0.459 bits per heavy atom. The van der Waals surface area contributed by atoms with Gasteiger partial charge >= 0.3 is 0 Å². The smallest absolute Gasteiger partial charge is 0.100 e. The molecule has 466 valence electrons. The molecule has 0 aliphatic carbocycles. The lowest BCUT2D eigenvalue weighted by atomic mass is 9.76. The predicted octanol–water partition coefficient (Wildman–Crippen LogP) is 24.1. The molecular formula is C92H68N6. The first-order chi connectivity index (χ1) is 47.8. The molecule has 18 aromatic rings. The number of rotatable bonds is 9. The summed E-state index contributed by atoms with van der Waals surface area (Å²) in [7, 11) is 0. The zero-order valence-corrected chi connectivity index (χ0v) is 56.1. The van der Waals surface area contributed by atoms with E-state index in [1.165, 1.54) is 87.6 Å². The van der Waals surface area contributed by atoms with E-state index in [-0.39, 0.29) is 0 Å². The molecule has 0 spiro atoms. The zero-order chi connectivity index (χ0) is 66.4. The molecule has 0 saturated heterocycles. The molecule has 0 amide bonds. The molecule has 0 fully saturated rings. The Morgan fingerprint density at radius 1 is 0.245 bits per heavy atom. The van der Waals surface area contributed by atoms with Gasteiger partial charge in [0.05, 0.1) is 49.7 Å². The van der Waals surface area contributed by atoms with Gasteiger partial charge in [0.2, 0.25) is 0 Å². The molecule has 0 atom stereocenters. The van der Waals surface area contributed by atoms with Gasteiger partial charge in [-0.3, -0.25) is 4.98 Å². The molecular weight excluding hydrogens is 1190 g/mol. The number of nitriles is 1. The molecule has 18 rings (SSSR count). The van der Waals surface area contributed by atoms with Crippen molar-refractivity contribution >= 4 is 87.2 Å². The quantitative estimate of drug-likeness (QED) is 0.145. The molecule has 98 heavy (non-hydrogen) atoms. The van der Waals surface area contributed by atoms with Gasteiger partial charge in [0.25, 0.3) is 0 Å². The van der Waals surface area contributed by atoms with Crippen molar-refractivity contribution in [2.45, 2.75) is 55.4 Å². The third-order valence-electron chi connectivity index (χ3n) is 20.5. The number of hydrogen-bond donors (Lipinski definition) is 0. The van der Waals surface area contributed by atoms with Crippen LogP contribution in [0.5, 0.6) is 0 Å². The zero-order valence-electron chi connectivity index (χ0n) is 56.1. The molecule has 0 radical (unpaired) electrons. The maximum atomic E-state index is 12.6. The summed E-state index contributed by atoms with van der Waals surface area (Å²) in [5.41, 5.74) is 32.9. The second kappa shape index (κ2) is 22.4. The summed E-state index contributed by atoms with van der Waals surface area (Å²) in [6, 6.07) is 97.4. The van der Waals surface area contributed by atoms with E-state index < -0.39 is 0 Å². The molecule has 6 nitrogen and oxygen atoms in total. The fourth-order valence-electron chi connectivity index (χ4n) is 16.0. The van der Waals surface area contributed by atoms with E-state index in [2.05, 4.69) is 328 Å². The van der Waals surface area contributed by atoms with E-state index in [9.17, 15) is 5.26 Å². The Labute approximate surface area is 569 Å².